The minimum atomic E-state index is -0.236. The molecule has 0 aliphatic rings. The van der Waals surface area contributed by atoms with E-state index in [2.05, 4.69) is 75.7 Å². The van der Waals surface area contributed by atoms with Crippen LogP contribution >= 0.6 is 11.3 Å². The zero-order valence-corrected chi connectivity index (χ0v) is 24.5. The second-order valence-corrected chi connectivity index (χ2v) is 11.8. The van der Waals surface area contributed by atoms with Crippen LogP contribution in [0.3, 0.4) is 0 Å². The summed E-state index contributed by atoms with van der Waals surface area (Å²) in [7, 11) is 5.42. The molecule has 1 aromatic carbocycles. The summed E-state index contributed by atoms with van der Waals surface area (Å²) in [6.45, 7) is 16.6. The van der Waals surface area contributed by atoms with E-state index in [4.69, 9.17) is 18.8 Å². The lowest BCUT2D eigenvalue weighted by atomic mass is 10.1. The Morgan fingerprint density at radius 3 is 1.92 bits per heavy atom. The number of aromatic nitrogens is 1. The highest BCUT2D eigenvalue weighted by Crippen LogP contribution is 2.28. The number of benzene rings is 1. The molecule has 36 heavy (non-hydrogen) atoms. The SMILES string of the molecule is BOC(COC(C)(C)C)CN(CC(COC(C)(C)C)OB)c1ccc(/N=N/c2scc[n+]2C)c(C)c1. The molecule has 0 saturated carbocycles. The zero-order chi connectivity index (χ0) is 26.9. The van der Waals surface area contributed by atoms with Crippen LogP contribution in [0.5, 0.6) is 0 Å². The van der Waals surface area contributed by atoms with Gasteiger partial charge in [0.1, 0.15) is 11.9 Å². The van der Waals surface area contributed by atoms with Gasteiger partial charge in [0.25, 0.3) is 16.1 Å². The van der Waals surface area contributed by atoms with Gasteiger partial charge in [0.2, 0.25) is 0 Å². The first-order chi connectivity index (χ1) is 16.8. The topological polar surface area (TPSA) is 68.8 Å². The van der Waals surface area contributed by atoms with Crippen LogP contribution in [0.25, 0.3) is 0 Å². The molecule has 0 spiro atoms. The summed E-state index contributed by atoms with van der Waals surface area (Å²) in [5.41, 5.74) is 2.47. The molecule has 11 heteroatoms. The summed E-state index contributed by atoms with van der Waals surface area (Å²) in [6.07, 6.45) is 1.76. The van der Waals surface area contributed by atoms with Crippen LogP contribution in [0.15, 0.2) is 40.0 Å². The van der Waals surface area contributed by atoms with E-state index in [-0.39, 0.29) is 23.4 Å². The molecule has 2 unspecified atom stereocenters. The van der Waals surface area contributed by atoms with E-state index in [9.17, 15) is 0 Å². The number of hydrogen-bond acceptors (Lipinski definition) is 8. The highest BCUT2D eigenvalue weighted by Gasteiger charge is 2.23. The fraction of sp³-hybridized carbons (Fsp3) is 0.640. The van der Waals surface area contributed by atoms with Gasteiger partial charge in [0.05, 0.1) is 48.8 Å². The quantitative estimate of drug-likeness (QED) is 0.231. The predicted molar refractivity (Wildman–Crippen MR) is 151 cm³/mol. The minimum absolute atomic E-state index is 0.108. The highest BCUT2D eigenvalue weighted by molar-refractivity contribution is 7.12. The third kappa shape index (κ3) is 10.7. The molecule has 0 saturated heterocycles. The monoisotopic (exact) mass is 517 g/mol. The van der Waals surface area contributed by atoms with Crippen LogP contribution in [0.1, 0.15) is 47.1 Å². The van der Waals surface area contributed by atoms with E-state index in [1.54, 1.807) is 27.4 Å². The molecule has 0 amide bonds. The molecule has 0 fully saturated rings. The molecule has 0 aliphatic heterocycles. The molecule has 2 rings (SSSR count). The number of azo groups is 1. The molecule has 0 radical (unpaired) electrons. The third-order valence-electron chi connectivity index (χ3n) is 5.47. The third-order valence-corrected chi connectivity index (χ3v) is 6.31. The average Bonchev–Trinajstić information content (AvgIpc) is 3.20. The first kappa shape index (κ1) is 30.4. The van der Waals surface area contributed by atoms with Crippen LogP contribution in [0.2, 0.25) is 0 Å². The van der Waals surface area contributed by atoms with Crippen LogP contribution in [-0.2, 0) is 25.8 Å². The van der Waals surface area contributed by atoms with Crippen molar-refractivity contribution in [2.24, 2.45) is 17.3 Å². The van der Waals surface area contributed by atoms with Crippen LogP contribution in [0.4, 0.5) is 16.5 Å². The van der Waals surface area contributed by atoms with Gasteiger partial charge in [-0.05, 0) is 88.7 Å². The van der Waals surface area contributed by atoms with Crippen LogP contribution < -0.4 is 9.47 Å². The Morgan fingerprint density at radius 1 is 0.944 bits per heavy atom. The number of hydrogen-bond donors (Lipinski definition) is 0. The lowest BCUT2D eigenvalue weighted by Crippen LogP contribution is -2.44. The van der Waals surface area contributed by atoms with Crippen molar-refractivity contribution in [3.05, 3.63) is 35.3 Å². The fourth-order valence-electron chi connectivity index (χ4n) is 3.32. The van der Waals surface area contributed by atoms with E-state index in [0.717, 1.165) is 22.1 Å². The number of anilines is 1. The summed E-state index contributed by atoms with van der Waals surface area (Å²) < 4.78 is 25.6. The zero-order valence-electron chi connectivity index (χ0n) is 23.7. The van der Waals surface area contributed by atoms with Gasteiger partial charge < -0.3 is 23.7 Å². The van der Waals surface area contributed by atoms with Crippen molar-refractivity contribution in [1.29, 1.82) is 0 Å². The Hall–Kier alpha value is -1.78. The van der Waals surface area contributed by atoms with E-state index in [1.807, 2.05) is 29.3 Å². The largest absolute Gasteiger partial charge is 0.437 e. The van der Waals surface area contributed by atoms with Gasteiger partial charge in [-0.3, -0.25) is 0 Å². The number of rotatable bonds is 13. The van der Waals surface area contributed by atoms with Gasteiger partial charge in [0.15, 0.2) is 0 Å². The van der Waals surface area contributed by atoms with E-state index in [1.165, 1.54) is 0 Å². The maximum atomic E-state index is 6.03. The van der Waals surface area contributed by atoms with Crippen molar-refractivity contribution in [3.8, 4) is 0 Å². The molecule has 2 aromatic rings. The average molecular weight is 517 g/mol. The highest BCUT2D eigenvalue weighted by atomic mass is 32.1. The standard InChI is InChI=1S/C25H43B2N4O4S/c1-18-13-19(9-10-22(18)28-29-23-30(8)11-12-36-23)31(14-20(34-26)16-32-24(2,3)4)15-21(35-27)17-33-25(5,6)7/h9-13,20-21H,14-17,26-27H2,1-8H3/q+1. The van der Waals surface area contributed by atoms with Gasteiger partial charge in [-0.1, -0.05) is 0 Å². The van der Waals surface area contributed by atoms with Crippen molar-refractivity contribution in [2.45, 2.75) is 71.9 Å². The molecule has 1 heterocycles. The maximum Gasteiger partial charge on any atom is 0.408 e. The van der Waals surface area contributed by atoms with Gasteiger partial charge in [-0.2, -0.15) is 0 Å². The van der Waals surface area contributed by atoms with Crippen molar-refractivity contribution < 1.29 is 23.3 Å². The Labute approximate surface area is 222 Å². The van der Waals surface area contributed by atoms with Crippen molar-refractivity contribution in [3.63, 3.8) is 0 Å². The van der Waals surface area contributed by atoms with E-state index < -0.39 is 0 Å². The van der Waals surface area contributed by atoms with Gasteiger partial charge >= 0.3 is 5.13 Å². The Bertz CT molecular complexity index is 948. The molecule has 1 aromatic heterocycles. The number of ether oxygens (including phenoxy) is 2. The molecule has 198 valence electrons. The fourth-order valence-corrected chi connectivity index (χ4v) is 4.00. The van der Waals surface area contributed by atoms with Crippen LogP contribution in [-0.4, -0.2) is 65.8 Å². The molecule has 8 nitrogen and oxygen atoms in total. The smallest absolute Gasteiger partial charge is 0.408 e. The number of nitrogens with zero attached hydrogens (tertiary/aromatic N) is 4. The second-order valence-electron chi connectivity index (χ2n) is 10.9. The first-order valence-corrected chi connectivity index (χ1v) is 13.2. The van der Waals surface area contributed by atoms with E-state index in [0.29, 0.717) is 26.3 Å². The van der Waals surface area contributed by atoms with Crippen molar-refractivity contribution >= 4 is 43.9 Å². The summed E-state index contributed by atoms with van der Waals surface area (Å²) in [6, 6.07) is 6.22. The number of thiazole rings is 1. The van der Waals surface area contributed by atoms with E-state index >= 15 is 0 Å². The van der Waals surface area contributed by atoms with Gasteiger partial charge in [-0.25, -0.2) is 4.57 Å². The minimum Gasteiger partial charge on any atom is -0.437 e. The normalized spacial score (nSPS) is 14.3. The lowest BCUT2D eigenvalue weighted by molar-refractivity contribution is -0.654. The molecule has 0 bridgehead atoms. The van der Waals surface area contributed by atoms with Crippen molar-refractivity contribution in [2.75, 3.05) is 31.2 Å². The summed E-state index contributed by atoms with van der Waals surface area (Å²) in [4.78, 5) is 2.27. The summed E-state index contributed by atoms with van der Waals surface area (Å²) in [5.74, 6) is 0. The first-order valence-electron chi connectivity index (χ1n) is 12.3. The Balaban J connectivity index is 2.26. The maximum absolute atomic E-state index is 6.03. The van der Waals surface area contributed by atoms with Gasteiger partial charge in [-0.15, -0.1) is 0 Å². The molecule has 2 atom stereocenters. The van der Waals surface area contributed by atoms with Gasteiger partial charge in [0, 0.05) is 24.2 Å². The summed E-state index contributed by atoms with van der Waals surface area (Å²) in [5, 5.41) is 11.7. The Morgan fingerprint density at radius 2 is 1.50 bits per heavy atom. The number of aryl methyl sites for hydroxylation is 2. The molecule has 0 aliphatic carbocycles. The lowest BCUT2D eigenvalue weighted by Gasteiger charge is -2.34. The van der Waals surface area contributed by atoms with Crippen molar-refractivity contribution in [1.82, 2.24) is 0 Å². The molecular formula is C25H43B2N4O4S+. The predicted octanol–water partition coefficient (Wildman–Crippen LogP) is 3.60. The second kappa shape index (κ2) is 13.7. The summed E-state index contributed by atoms with van der Waals surface area (Å²) >= 11 is 1.56. The molecular weight excluding hydrogens is 474 g/mol. The molecule has 0 N–H and O–H groups in total. The Kier molecular flexibility index (Phi) is 11.6. The van der Waals surface area contributed by atoms with Crippen LogP contribution in [0, 0.1) is 6.92 Å².